The van der Waals surface area contributed by atoms with Crippen LogP contribution in [0.25, 0.3) is 10.8 Å². The van der Waals surface area contributed by atoms with Crippen LogP contribution in [0.5, 0.6) is 0 Å². The summed E-state index contributed by atoms with van der Waals surface area (Å²) in [5, 5.41) is 12.1. The maximum Gasteiger partial charge on any atom is 0.147 e. The maximum atomic E-state index is 13.7. The summed E-state index contributed by atoms with van der Waals surface area (Å²) in [5.74, 6) is -0.525. The molecule has 94 valence electrons. The second-order valence-corrected chi connectivity index (χ2v) is 4.22. The summed E-state index contributed by atoms with van der Waals surface area (Å²) >= 11 is 0. The van der Waals surface area contributed by atoms with Crippen molar-refractivity contribution >= 4 is 10.8 Å². The van der Waals surface area contributed by atoms with Gasteiger partial charge in [-0.3, -0.25) is 9.97 Å². The van der Waals surface area contributed by atoms with Gasteiger partial charge in [-0.05, 0) is 17.5 Å². The predicted octanol–water partition coefficient (Wildman–Crippen LogP) is 2.85. The van der Waals surface area contributed by atoms with E-state index in [-0.39, 0.29) is 5.69 Å². The lowest BCUT2D eigenvalue weighted by Gasteiger charge is -2.13. The van der Waals surface area contributed by atoms with E-state index in [9.17, 15) is 9.50 Å². The molecule has 0 radical (unpaired) electrons. The van der Waals surface area contributed by atoms with Gasteiger partial charge in [0.25, 0.3) is 0 Å². The summed E-state index contributed by atoms with van der Waals surface area (Å²) in [6.07, 6.45) is 3.58. The van der Waals surface area contributed by atoms with Crippen molar-refractivity contribution in [2.45, 2.75) is 6.10 Å². The second-order valence-electron chi connectivity index (χ2n) is 4.22. The van der Waals surface area contributed by atoms with E-state index in [2.05, 4.69) is 9.97 Å². The molecule has 4 heteroatoms. The molecule has 0 aliphatic rings. The molecular weight excluding hydrogens is 243 g/mol. The third-order valence-electron chi connectivity index (χ3n) is 3.04. The van der Waals surface area contributed by atoms with Gasteiger partial charge in [-0.15, -0.1) is 0 Å². The number of fused-ring (bicyclic) bond motifs is 1. The minimum atomic E-state index is -1.13. The molecule has 0 fully saturated rings. The number of hydrogen-bond donors (Lipinski definition) is 1. The Morgan fingerprint density at radius 2 is 1.89 bits per heavy atom. The molecule has 2 aromatic heterocycles. The number of aliphatic hydroxyl groups excluding tert-OH is 1. The molecule has 1 aromatic carbocycles. The highest BCUT2D eigenvalue weighted by Crippen LogP contribution is 2.27. The van der Waals surface area contributed by atoms with Gasteiger partial charge >= 0.3 is 0 Å². The fraction of sp³-hybridized carbons (Fsp3) is 0.0667. The number of benzene rings is 1. The van der Waals surface area contributed by atoms with Crippen LogP contribution in [-0.2, 0) is 0 Å². The van der Waals surface area contributed by atoms with Crippen molar-refractivity contribution in [1.29, 1.82) is 0 Å². The number of aliphatic hydroxyl groups is 1. The van der Waals surface area contributed by atoms with Crippen LogP contribution >= 0.6 is 0 Å². The first-order valence-electron chi connectivity index (χ1n) is 5.88. The smallest absolute Gasteiger partial charge is 0.147 e. The van der Waals surface area contributed by atoms with Crippen molar-refractivity contribution in [2.75, 3.05) is 0 Å². The zero-order chi connectivity index (χ0) is 13.2. The van der Waals surface area contributed by atoms with Gasteiger partial charge in [-0.25, -0.2) is 4.39 Å². The van der Waals surface area contributed by atoms with E-state index in [1.54, 1.807) is 12.4 Å². The third kappa shape index (κ3) is 2.06. The van der Waals surface area contributed by atoms with Gasteiger partial charge in [0.15, 0.2) is 0 Å². The number of aromatic nitrogens is 2. The van der Waals surface area contributed by atoms with Crippen molar-refractivity contribution in [3.05, 3.63) is 72.1 Å². The van der Waals surface area contributed by atoms with Gasteiger partial charge in [0.1, 0.15) is 17.6 Å². The lowest BCUT2D eigenvalue weighted by Crippen LogP contribution is -2.06. The first-order chi connectivity index (χ1) is 9.27. The molecular formula is C15H11FN2O. The molecule has 19 heavy (non-hydrogen) atoms. The summed E-state index contributed by atoms with van der Waals surface area (Å²) in [6.45, 7) is 0. The Balaban J connectivity index is 2.17. The number of pyridine rings is 2. The van der Waals surface area contributed by atoms with Crippen LogP contribution in [0.1, 0.15) is 17.4 Å². The Labute approximate surface area is 109 Å². The summed E-state index contributed by atoms with van der Waals surface area (Å²) in [6, 6.07) is 10.3. The summed E-state index contributed by atoms with van der Waals surface area (Å²) in [7, 11) is 0. The van der Waals surface area contributed by atoms with E-state index in [0.29, 0.717) is 5.56 Å². The van der Waals surface area contributed by atoms with E-state index in [4.69, 9.17) is 0 Å². The zero-order valence-corrected chi connectivity index (χ0v) is 9.99. The van der Waals surface area contributed by atoms with Gasteiger partial charge in [-0.1, -0.05) is 24.3 Å². The molecule has 3 aromatic rings. The highest BCUT2D eigenvalue weighted by atomic mass is 19.1. The average molecular weight is 254 g/mol. The van der Waals surface area contributed by atoms with E-state index < -0.39 is 11.9 Å². The quantitative estimate of drug-likeness (QED) is 0.764. The molecule has 0 bridgehead atoms. The number of nitrogens with zero attached hydrogens (tertiary/aromatic N) is 2. The molecule has 0 aliphatic heterocycles. The average Bonchev–Trinajstić information content (AvgIpc) is 2.46. The van der Waals surface area contributed by atoms with Crippen molar-refractivity contribution in [3.63, 3.8) is 0 Å². The van der Waals surface area contributed by atoms with Crippen LogP contribution in [0, 0.1) is 5.82 Å². The molecule has 0 aliphatic carbocycles. The summed E-state index contributed by atoms with van der Waals surface area (Å²) in [5.41, 5.74) is 0.566. The minimum Gasteiger partial charge on any atom is -0.382 e. The van der Waals surface area contributed by atoms with Crippen LogP contribution in [0.4, 0.5) is 4.39 Å². The molecule has 3 rings (SSSR count). The molecule has 0 spiro atoms. The highest BCUT2D eigenvalue weighted by Gasteiger charge is 2.18. The largest absolute Gasteiger partial charge is 0.382 e. The number of halogens is 1. The van der Waals surface area contributed by atoms with Crippen molar-refractivity contribution in [3.8, 4) is 0 Å². The van der Waals surface area contributed by atoms with Gasteiger partial charge < -0.3 is 5.11 Å². The fourth-order valence-electron chi connectivity index (χ4n) is 2.10. The third-order valence-corrected chi connectivity index (χ3v) is 3.04. The lowest BCUT2D eigenvalue weighted by molar-refractivity contribution is 0.210. The van der Waals surface area contributed by atoms with E-state index in [1.165, 1.54) is 18.3 Å². The molecule has 0 amide bonds. The Hall–Kier alpha value is -2.33. The summed E-state index contributed by atoms with van der Waals surface area (Å²) in [4.78, 5) is 7.99. The highest BCUT2D eigenvalue weighted by molar-refractivity contribution is 5.85. The number of hydrogen-bond acceptors (Lipinski definition) is 3. The fourth-order valence-corrected chi connectivity index (χ4v) is 2.10. The molecule has 0 saturated carbocycles. The van der Waals surface area contributed by atoms with Crippen LogP contribution < -0.4 is 0 Å². The van der Waals surface area contributed by atoms with Gasteiger partial charge in [-0.2, -0.15) is 0 Å². The predicted molar refractivity (Wildman–Crippen MR) is 70.0 cm³/mol. The van der Waals surface area contributed by atoms with Crippen LogP contribution in [0.2, 0.25) is 0 Å². The topological polar surface area (TPSA) is 46.0 Å². The minimum absolute atomic E-state index is 0.0145. The molecule has 2 heterocycles. The van der Waals surface area contributed by atoms with Crippen LogP contribution in [0.3, 0.4) is 0 Å². The Morgan fingerprint density at radius 1 is 1.05 bits per heavy atom. The molecule has 1 N–H and O–H groups in total. The lowest BCUT2D eigenvalue weighted by atomic mass is 10.0. The van der Waals surface area contributed by atoms with E-state index in [0.717, 1.165) is 10.8 Å². The van der Waals surface area contributed by atoms with Crippen LogP contribution in [-0.4, -0.2) is 15.1 Å². The first kappa shape index (κ1) is 11.7. The Kier molecular flexibility index (Phi) is 2.93. The SMILES string of the molecule is OC(c1ncccc1F)c1cncc2ccccc12. The maximum absolute atomic E-state index is 13.7. The van der Waals surface area contributed by atoms with E-state index in [1.807, 2.05) is 24.3 Å². The van der Waals surface area contributed by atoms with E-state index >= 15 is 0 Å². The normalized spacial score (nSPS) is 12.5. The monoisotopic (exact) mass is 254 g/mol. The van der Waals surface area contributed by atoms with Crippen molar-refractivity contribution in [2.24, 2.45) is 0 Å². The second kappa shape index (κ2) is 4.74. The molecule has 3 nitrogen and oxygen atoms in total. The van der Waals surface area contributed by atoms with Crippen molar-refractivity contribution < 1.29 is 9.50 Å². The Morgan fingerprint density at radius 3 is 2.74 bits per heavy atom. The zero-order valence-electron chi connectivity index (χ0n) is 9.99. The first-order valence-corrected chi connectivity index (χ1v) is 5.88. The van der Waals surface area contributed by atoms with Gasteiger partial charge in [0.2, 0.25) is 0 Å². The molecule has 1 unspecified atom stereocenters. The standard InChI is InChI=1S/C15H11FN2O/c16-13-6-3-7-18-14(13)15(19)12-9-17-8-10-4-1-2-5-11(10)12/h1-9,15,19H. The Bertz CT molecular complexity index is 725. The summed E-state index contributed by atoms with van der Waals surface area (Å²) < 4.78 is 13.7. The van der Waals surface area contributed by atoms with Gasteiger partial charge in [0, 0.05) is 29.5 Å². The molecule has 0 saturated heterocycles. The molecule has 1 atom stereocenters. The van der Waals surface area contributed by atoms with Crippen molar-refractivity contribution in [1.82, 2.24) is 9.97 Å². The number of rotatable bonds is 2. The van der Waals surface area contributed by atoms with Gasteiger partial charge in [0.05, 0.1) is 0 Å². The van der Waals surface area contributed by atoms with Crippen LogP contribution in [0.15, 0.2) is 55.0 Å².